The number of methoxy groups -OCH3 is 1. The second kappa shape index (κ2) is 8.06. The van der Waals surface area contributed by atoms with Gasteiger partial charge in [-0.25, -0.2) is 4.98 Å². The van der Waals surface area contributed by atoms with Gasteiger partial charge in [0.2, 0.25) is 0 Å². The fourth-order valence-corrected chi connectivity index (χ4v) is 3.81. The molecule has 0 bridgehead atoms. The van der Waals surface area contributed by atoms with E-state index in [-0.39, 0.29) is 5.91 Å². The summed E-state index contributed by atoms with van der Waals surface area (Å²) in [4.78, 5) is 17.6. The third-order valence-electron chi connectivity index (χ3n) is 4.27. The van der Waals surface area contributed by atoms with Gasteiger partial charge in [0.05, 0.1) is 7.11 Å². The lowest BCUT2D eigenvalue weighted by Gasteiger charge is -2.06. The topological polar surface area (TPSA) is 51.2 Å². The van der Waals surface area contributed by atoms with E-state index in [1.54, 1.807) is 31.4 Å². The van der Waals surface area contributed by atoms with E-state index in [2.05, 4.69) is 5.32 Å². The number of carbonyl (C=O) groups is 1. The average Bonchev–Trinajstić information content (AvgIpc) is 3.19. The summed E-state index contributed by atoms with van der Waals surface area (Å²) >= 11 is 1.47. The van der Waals surface area contributed by atoms with Crippen molar-refractivity contribution in [3.63, 3.8) is 0 Å². The molecule has 1 heterocycles. The van der Waals surface area contributed by atoms with Gasteiger partial charge in [-0.3, -0.25) is 4.79 Å². The summed E-state index contributed by atoms with van der Waals surface area (Å²) in [6.07, 6.45) is 0. The molecule has 28 heavy (non-hydrogen) atoms. The first-order valence-electron chi connectivity index (χ1n) is 8.81. The summed E-state index contributed by atoms with van der Waals surface area (Å²) in [7, 11) is 1.60. The van der Waals surface area contributed by atoms with Crippen LogP contribution < -0.4 is 10.1 Å². The molecular formula is C23H18N2O2S. The number of nitrogens with one attached hydrogen (secondary N) is 1. The lowest BCUT2D eigenvalue weighted by Crippen LogP contribution is -2.11. The second-order valence-electron chi connectivity index (χ2n) is 6.11. The van der Waals surface area contributed by atoms with E-state index >= 15 is 0 Å². The van der Waals surface area contributed by atoms with Gasteiger partial charge in [-0.2, -0.15) is 0 Å². The molecule has 0 atom stereocenters. The van der Waals surface area contributed by atoms with Crippen molar-refractivity contribution in [1.29, 1.82) is 0 Å². The van der Waals surface area contributed by atoms with Crippen LogP contribution in [0.25, 0.3) is 21.8 Å². The third-order valence-corrected chi connectivity index (χ3v) is 5.29. The summed E-state index contributed by atoms with van der Waals surface area (Å²) in [5.74, 6) is 0.536. The Labute approximate surface area is 167 Å². The highest BCUT2D eigenvalue weighted by Crippen LogP contribution is 2.38. The van der Waals surface area contributed by atoms with Crippen LogP contribution in [-0.2, 0) is 0 Å². The van der Waals surface area contributed by atoms with Gasteiger partial charge in [0.1, 0.15) is 21.5 Å². The largest absolute Gasteiger partial charge is 0.497 e. The maximum atomic E-state index is 12.8. The zero-order valence-corrected chi connectivity index (χ0v) is 16.1. The fourth-order valence-electron chi connectivity index (χ4n) is 2.82. The minimum Gasteiger partial charge on any atom is -0.497 e. The van der Waals surface area contributed by atoms with Crippen molar-refractivity contribution < 1.29 is 9.53 Å². The molecule has 0 spiro atoms. The molecule has 0 radical (unpaired) electrons. The molecule has 0 aliphatic carbocycles. The Balaban J connectivity index is 1.70. The molecule has 3 aromatic carbocycles. The molecule has 0 saturated carbocycles. The van der Waals surface area contributed by atoms with E-state index < -0.39 is 0 Å². The van der Waals surface area contributed by atoms with Crippen LogP contribution in [0.3, 0.4) is 0 Å². The van der Waals surface area contributed by atoms with Gasteiger partial charge in [0, 0.05) is 16.7 Å². The third kappa shape index (κ3) is 3.80. The van der Waals surface area contributed by atoms with E-state index in [1.807, 2.05) is 60.7 Å². The smallest absolute Gasteiger partial charge is 0.256 e. The molecule has 0 unspecified atom stereocenters. The van der Waals surface area contributed by atoms with E-state index in [4.69, 9.17) is 9.72 Å². The Morgan fingerprint density at radius 2 is 1.46 bits per heavy atom. The number of benzene rings is 3. The SMILES string of the molecule is COc1ccc(C(=O)Nc2sc(-c3ccccc3)nc2-c2ccccc2)cc1. The molecule has 0 aliphatic heterocycles. The Hall–Kier alpha value is -3.44. The molecule has 1 N–H and O–H groups in total. The van der Waals surface area contributed by atoms with Crippen LogP contribution in [0, 0.1) is 0 Å². The van der Waals surface area contributed by atoms with Crippen molar-refractivity contribution in [2.45, 2.75) is 0 Å². The average molecular weight is 386 g/mol. The lowest BCUT2D eigenvalue weighted by atomic mass is 10.1. The minimum absolute atomic E-state index is 0.178. The number of hydrogen-bond donors (Lipinski definition) is 1. The summed E-state index contributed by atoms with van der Waals surface area (Å²) in [5, 5.41) is 4.62. The number of hydrogen-bond acceptors (Lipinski definition) is 4. The van der Waals surface area contributed by atoms with Crippen molar-refractivity contribution in [3.05, 3.63) is 90.5 Å². The molecule has 0 fully saturated rings. The second-order valence-corrected chi connectivity index (χ2v) is 7.11. The minimum atomic E-state index is -0.178. The van der Waals surface area contributed by atoms with Gasteiger partial charge in [0.25, 0.3) is 5.91 Å². The fraction of sp³-hybridized carbons (Fsp3) is 0.0435. The number of amides is 1. The first-order valence-corrected chi connectivity index (χ1v) is 9.63. The number of aromatic nitrogens is 1. The van der Waals surface area contributed by atoms with Crippen molar-refractivity contribution in [2.75, 3.05) is 12.4 Å². The Kier molecular flexibility index (Phi) is 5.17. The number of carbonyl (C=O) groups excluding carboxylic acids is 1. The highest BCUT2D eigenvalue weighted by Gasteiger charge is 2.17. The first-order chi connectivity index (χ1) is 13.7. The molecule has 0 aliphatic rings. The van der Waals surface area contributed by atoms with Crippen molar-refractivity contribution >= 4 is 22.2 Å². The van der Waals surface area contributed by atoms with Gasteiger partial charge in [0.15, 0.2) is 0 Å². The van der Waals surface area contributed by atoms with Gasteiger partial charge in [-0.15, -0.1) is 0 Å². The summed E-state index contributed by atoms with van der Waals surface area (Å²) in [5.41, 5.74) is 3.32. The van der Waals surface area contributed by atoms with Crippen LogP contribution in [0.15, 0.2) is 84.9 Å². The van der Waals surface area contributed by atoms with Gasteiger partial charge in [-0.05, 0) is 24.3 Å². The number of anilines is 1. The van der Waals surface area contributed by atoms with Crippen LogP contribution in [0.2, 0.25) is 0 Å². The van der Waals surface area contributed by atoms with Crippen LogP contribution >= 0.6 is 11.3 Å². The van der Waals surface area contributed by atoms with Crippen LogP contribution in [0.1, 0.15) is 10.4 Å². The normalized spacial score (nSPS) is 10.5. The van der Waals surface area contributed by atoms with E-state index in [0.29, 0.717) is 11.3 Å². The quantitative estimate of drug-likeness (QED) is 0.476. The standard InChI is InChI=1S/C23H18N2O2S/c1-27-19-14-12-17(13-15-19)21(26)25-23-20(16-8-4-2-5-9-16)24-22(28-23)18-10-6-3-7-11-18/h2-15H,1H3,(H,25,26). The molecule has 1 aromatic heterocycles. The maximum absolute atomic E-state index is 12.8. The monoisotopic (exact) mass is 386 g/mol. The molecule has 4 rings (SSSR count). The summed E-state index contributed by atoms with van der Waals surface area (Å²) in [6, 6.07) is 26.9. The molecule has 0 saturated heterocycles. The van der Waals surface area contributed by atoms with Gasteiger partial charge >= 0.3 is 0 Å². The van der Waals surface area contributed by atoms with Gasteiger partial charge in [-0.1, -0.05) is 72.0 Å². The Morgan fingerprint density at radius 3 is 2.07 bits per heavy atom. The van der Waals surface area contributed by atoms with E-state index in [0.717, 1.165) is 26.8 Å². The van der Waals surface area contributed by atoms with Crippen molar-refractivity contribution in [3.8, 4) is 27.6 Å². The lowest BCUT2D eigenvalue weighted by molar-refractivity contribution is 0.102. The van der Waals surface area contributed by atoms with Crippen LogP contribution in [0.4, 0.5) is 5.00 Å². The van der Waals surface area contributed by atoms with Crippen LogP contribution in [-0.4, -0.2) is 18.0 Å². The van der Waals surface area contributed by atoms with E-state index in [1.165, 1.54) is 11.3 Å². The zero-order chi connectivity index (χ0) is 19.3. The number of nitrogens with zero attached hydrogens (tertiary/aromatic N) is 1. The van der Waals surface area contributed by atoms with Crippen molar-refractivity contribution in [1.82, 2.24) is 4.98 Å². The Bertz CT molecular complexity index is 1070. The summed E-state index contributed by atoms with van der Waals surface area (Å²) in [6.45, 7) is 0. The summed E-state index contributed by atoms with van der Waals surface area (Å²) < 4.78 is 5.16. The van der Waals surface area contributed by atoms with Crippen molar-refractivity contribution in [2.24, 2.45) is 0 Å². The predicted molar refractivity (Wildman–Crippen MR) is 114 cm³/mol. The molecule has 1 amide bonds. The molecule has 138 valence electrons. The molecular weight excluding hydrogens is 368 g/mol. The molecule has 4 aromatic rings. The number of rotatable bonds is 5. The maximum Gasteiger partial charge on any atom is 0.256 e. The Morgan fingerprint density at radius 1 is 0.857 bits per heavy atom. The molecule has 4 nitrogen and oxygen atoms in total. The molecule has 5 heteroatoms. The van der Waals surface area contributed by atoms with Crippen LogP contribution in [0.5, 0.6) is 5.75 Å². The highest BCUT2D eigenvalue weighted by atomic mass is 32.1. The van der Waals surface area contributed by atoms with E-state index in [9.17, 15) is 4.79 Å². The first kappa shape index (κ1) is 17.9. The number of thiazole rings is 1. The zero-order valence-electron chi connectivity index (χ0n) is 15.3. The number of ether oxygens (including phenoxy) is 1. The predicted octanol–water partition coefficient (Wildman–Crippen LogP) is 5.74. The highest BCUT2D eigenvalue weighted by molar-refractivity contribution is 7.19. The van der Waals surface area contributed by atoms with Gasteiger partial charge < -0.3 is 10.1 Å².